The Kier molecular flexibility index (Phi) is 9.63. The Balaban J connectivity index is 1.54. The van der Waals surface area contributed by atoms with Crippen LogP contribution in [0.1, 0.15) is 35.9 Å². The van der Waals surface area contributed by atoms with Crippen LogP contribution in [0.3, 0.4) is 0 Å². The third-order valence-corrected chi connectivity index (χ3v) is 8.86. The first kappa shape index (κ1) is 32.9. The molecule has 1 aromatic heterocycles. The highest BCUT2D eigenvalue weighted by atomic mass is 32.2. The summed E-state index contributed by atoms with van der Waals surface area (Å²) in [5.41, 5.74) is 0.828. The molecule has 10 nitrogen and oxygen atoms in total. The van der Waals surface area contributed by atoms with Gasteiger partial charge in [0.1, 0.15) is 17.6 Å². The van der Waals surface area contributed by atoms with E-state index in [1.165, 1.54) is 36.1 Å². The second-order valence-electron chi connectivity index (χ2n) is 10.1. The smallest absolute Gasteiger partial charge is 0.406 e. The number of hydrogen-bond acceptors (Lipinski definition) is 7. The molecule has 1 N–H and O–H groups in total. The summed E-state index contributed by atoms with van der Waals surface area (Å²) in [7, 11) is -4.44. The Hall–Kier alpha value is -4.05. The van der Waals surface area contributed by atoms with Gasteiger partial charge in [-0.05, 0) is 36.8 Å². The molecule has 2 aromatic carbocycles. The van der Waals surface area contributed by atoms with Gasteiger partial charge in [-0.3, -0.25) is 9.59 Å². The van der Waals surface area contributed by atoms with Gasteiger partial charge in [-0.2, -0.15) is 4.31 Å². The summed E-state index contributed by atoms with van der Waals surface area (Å²) in [5.74, 6) is -4.59. The number of aryl methyl sites for hydroxylation is 1. The van der Waals surface area contributed by atoms with Crippen LogP contribution in [0.15, 0.2) is 64.0 Å². The van der Waals surface area contributed by atoms with E-state index in [0.29, 0.717) is 11.3 Å². The Morgan fingerprint density at radius 3 is 2.27 bits per heavy atom. The molecule has 3 aromatic rings. The number of piperazine rings is 1. The molecule has 238 valence electrons. The SMILES string of the molecule is CCC(F)(F)c1ccc(CNC(=O)[C@H]2CN(C(=O)Cc3cc(C)no3)CCN2S(=O)(=O)c2ccc(OC(F)(F)F)cc2)cc1. The van der Waals surface area contributed by atoms with Gasteiger partial charge in [-0.25, -0.2) is 17.2 Å². The number of rotatable bonds is 10. The molecule has 0 radical (unpaired) electrons. The summed E-state index contributed by atoms with van der Waals surface area (Å²) in [4.78, 5) is 27.3. The lowest BCUT2D eigenvalue weighted by Crippen LogP contribution is -2.61. The van der Waals surface area contributed by atoms with Crippen molar-refractivity contribution in [3.8, 4) is 5.75 Å². The van der Waals surface area contributed by atoms with Crippen molar-refractivity contribution < 1.29 is 49.2 Å². The Bertz CT molecular complexity index is 1580. The summed E-state index contributed by atoms with van der Waals surface area (Å²) >= 11 is 0. The van der Waals surface area contributed by atoms with Gasteiger partial charge < -0.3 is 19.5 Å². The van der Waals surface area contributed by atoms with Gasteiger partial charge in [-0.1, -0.05) is 36.3 Å². The quantitative estimate of drug-likeness (QED) is 0.329. The van der Waals surface area contributed by atoms with Crippen LogP contribution in [0.5, 0.6) is 5.75 Å². The van der Waals surface area contributed by atoms with E-state index in [0.717, 1.165) is 28.6 Å². The number of amides is 2. The van der Waals surface area contributed by atoms with Gasteiger partial charge in [0.25, 0.3) is 5.92 Å². The number of benzene rings is 2. The summed E-state index contributed by atoms with van der Waals surface area (Å²) in [6.07, 6.45) is -5.55. The first-order valence-electron chi connectivity index (χ1n) is 13.4. The number of carbonyl (C=O) groups excluding carboxylic acids is 2. The van der Waals surface area contributed by atoms with Crippen LogP contribution in [-0.4, -0.2) is 66.6 Å². The molecule has 0 bridgehead atoms. The van der Waals surface area contributed by atoms with E-state index in [4.69, 9.17) is 4.52 Å². The number of hydrogen-bond donors (Lipinski definition) is 1. The third kappa shape index (κ3) is 7.91. The van der Waals surface area contributed by atoms with Gasteiger partial charge >= 0.3 is 6.36 Å². The molecule has 1 atom stereocenters. The second-order valence-corrected chi connectivity index (χ2v) is 12.0. The number of carbonyl (C=O) groups is 2. The van der Waals surface area contributed by atoms with E-state index in [9.17, 15) is 40.0 Å². The first-order valence-corrected chi connectivity index (χ1v) is 14.9. The fraction of sp³-hybridized carbons (Fsp3) is 0.393. The monoisotopic (exact) mass is 644 g/mol. The van der Waals surface area contributed by atoms with Crippen molar-refractivity contribution in [2.24, 2.45) is 0 Å². The molecule has 16 heteroatoms. The number of ether oxygens (including phenoxy) is 1. The molecule has 0 spiro atoms. The van der Waals surface area contributed by atoms with Crippen LogP contribution in [0, 0.1) is 6.92 Å². The second kappa shape index (κ2) is 12.9. The average Bonchev–Trinajstić information content (AvgIpc) is 3.39. The summed E-state index contributed by atoms with van der Waals surface area (Å²) in [6, 6.07) is 8.94. The van der Waals surface area contributed by atoms with Crippen LogP contribution in [-0.2, 0) is 38.5 Å². The largest absolute Gasteiger partial charge is 0.573 e. The van der Waals surface area contributed by atoms with Crippen molar-refractivity contribution in [3.63, 3.8) is 0 Å². The number of nitrogens with zero attached hydrogens (tertiary/aromatic N) is 3. The van der Waals surface area contributed by atoms with Gasteiger partial charge in [0.2, 0.25) is 21.8 Å². The Morgan fingerprint density at radius 2 is 1.70 bits per heavy atom. The van der Waals surface area contributed by atoms with E-state index in [1.807, 2.05) is 0 Å². The molecule has 1 aliphatic heterocycles. The van der Waals surface area contributed by atoms with E-state index < -0.39 is 57.2 Å². The molecule has 0 unspecified atom stereocenters. The highest BCUT2D eigenvalue weighted by Crippen LogP contribution is 2.31. The summed E-state index contributed by atoms with van der Waals surface area (Å²) in [6.45, 7) is 2.17. The summed E-state index contributed by atoms with van der Waals surface area (Å²) in [5, 5.41) is 6.33. The maximum atomic E-state index is 14.0. The molecule has 0 saturated carbocycles. The molecule has 0 aliphatic carbocycles. The van der Waals surface area contributed by atoms with Gasteiger partial charge in [0.05, 0.1) is 17.0 Å². The summed E-state index contributed by atoms with van der Waals surface area (Å²) < 4.78 is 103. The van der Waals surface area contributed by atoms with E-state index in [-0.39, 0.29) is 43.9 Å². The van der Waals surface area contributed by atoms with Crippen LogP contribution in [0.2, 0.25) is 0 Å². The zero-order valence-electron chi connectivity index (χ0n) is 23.6. The molecule has 2 heterocycles. The number of nitrogens with one attached hydrogen (secondary N) is 1. The highest BCUT2D eigenvalue weighted by molar-refractivity contribution is 7.89. The molecule has 4 rings (SSSR count). The van der Waals surface area contributed by atoms with Crippen molar-refractivity contribution in [1.29, 1.82) is 0 Å². The average molecular weight is 645 g/mol. The van der Waals surface area contributed by atoms with Crippen molar-refractivity contribution >= 4 is 21.8 Å². The minimum Gasteiger partial charge on any atom is -0.406 e. The fourth-order valence-electron chi connectivity index (χ4n) is 4.58. The lowest BCUT2D eigenvalue weighted by Gasteiger charge is -2.39. The molecular weight excluding hydrogens is 615 g/mol. The van der Waals surface area contributed by atoms with Crippen LogP contribution in [0.25, 0.3) is 0 Å². The molecule has 44 heavy (non-hydrogen) atoms. The number of halogens is 5. The van der Waals surface area contributed by atoms with E-state index in [1.54, 1.807) is 13.0 Å². The van der Waals surface area contributed by atoms with Crippen LogP contribution < -0.4 is 10.1 Å². The van der Waals surface area contributed by atoms with Crippen molar-refractivity contribution in [2.45, 2.75) is 56.5 Å². The van der Waals surface area contributed by atoms with E-state index >= 15 is 0 Å². The minimum absolute atomic E-state index is 0.0860. The molecule has 1 aliphatic rings. The number of aromatic nitrogens is 1. The zero-order valence-corrected chi connectivity index (χ0v) is 24.4. The first-order chi connectivity index (χ1) is 20.6. The van der Waals surface area contributed by atoms with Crippen LogP contribution >= 0.6 is 0 Å². The lowest BCUT2D eigenvalue weighted by atomic mass is 10.0. The molecule has 1 fully saturated rings. The van der Waals surface area contributed by atoms with Crippen LogP contribution in [0.4, 0.5) is 22.0 Å². The van der Waals surface area contributed by atoms with Crippen molar-refractivity contribution in [1.82, 2.24) is 19.7 Å². The van der Waals surface area contributed by atoms with Crippen molar-refractivity contribution in [2.75, 3.05) is 19.6 Å². The zero-order chi connectivity index (χ0) is 32.3. The maximum absolute atomic E-state index is 14.0. The highest BCUT2D eigenvalue weighted by Gasteiger charge is 2.41. The predicted octanol–water partition coefficient (Wildman–Crippen LogP) is 4.14. The normalized spacial score (nSPS) is 16.5. The third-order valence-electron chi connectivity index (χ3n) is 6.94. The van der Waals surface area contributed by atoms with Gasteiger partial charge in [-0.15, -0.1) is 13.2 Å². The molecule has 2 amide bonds. The maximum Gasteiger partial charge on any atom is 0.573 e. The van der Waals surface area contributed by atoms with Crippen molar-refractivity contribution in [3.05, 3.63) is 77.2 Å². The number of alkyl halides is 5. The predicted molar refractivity (Wildman–Crippen MR) is 145 cm³/mol. The Labute approximate surface area is 249 Å². The lowest BCUT2D eigenvalue weighted by molar-refractivity contribution is -0.274. The Morgan fingerprint density at radius 1 is 1.05 bits per heavy atom. The van der Waals surface area contributed by atoms with E-state index in [2.05, 4.69) is 15.2 Å². The fourth-order valence-corrected chi connectivity index (χ4v) is 6.15. The van der Waals surface area contributed by atoms with Gasteiger partial charge in [0, 0.05) is 44.2 Å². The minimum atomic E-state index is -4.98. The van der Waals surface area contributed by atoms with Gasteiger partial charge in [0.15, 0.2) is 0 Å². The molecular formula is C28H29F5N4O6S. The topological polar surface area (TPSA) is 122 Å². The number of sulfonamides is 1. The standard InChI is InChI=1S/C28H29F5N4O6S/c1-3-27(29,30)20-6-4-19(5-7-20)16-34-26(39)24-17-36(25(38)15-22-14-18(2)35-43-22)12-13-37(24)44(40,41)23-10-8-21(9-11-23)42-28(31,32)33/h4-11,14,24H,3,12-13,15-17H2,1-2H3,(H,34,39)/t24-/m1/s1. The molecule has 1 saturated heterocycles.